The van der Waals surface area contributed by atoms with E-state index in [1.165, 1.54) is 45.1 Å². The standard InChI is InChI=1S/C6H12O.C5H10N.C4H10.C3H5NO2.C2H6.CH3.K/c1-7-6-4-2-3-5-6;1-6-4-2-3-5-6;1-4(2)3;5-2-1-4-3-6;1-2;;/h6H,2-5H2,1H3;4H,2-3,5H2,1H3;4H,1-3H3;2-3H,1H2,(H,4,6);1-2H3;1H3;/q;-1;;;;-1;+1. The van der Waals surface area contributed by atoms with Crippen LogP contribution in [0, 0.1) is 19.9 Å². The summed E-state index contributed by atoms with van der Waals surface area (Å²) in [6.07, 6.45) is 9.67. The number of carbonyl (C=O) groups excluding carboxylic acids is 2. The van der Waals surface area contributed by atoms with Crippen LogP contribution in [0.5, 0.6) is 0 Å². The van der Waals surface area contributed by atoms with Gasteiger partial charge in [0.15, 0.2) is 0 Å². The molecular formula is C21H46KN2O3-. The minimum absolute atomic E-state index is 0. The molecule has 27 heavy (non-hydrogen) atoms. The molecule has 1 N–H and O–H groups in total. The zero-order chi connectivity index (χ0) is 19.9. The van der Waals surface area contributed by atoms with E-state index in [1.807, 2.05) is 13.8 Å². The van der Waals surface area contributed by atoms with Crippen LogP contribution in [-0.4, -0.2) is 50.9 Å². The fourth-order valence-electron chi connectivity index (χ4n) is 1.96. The maximum Gasteiger partial charge on any atom is 1.00 e. The van der Waals surface area contributed by atoms with E-state index < -0.39 is 0 Å². The van der Waals surface area contributed by atoms with Gasteiger partial charge in [0.2, 0.25) is 6.41 Å². The van der Waals surface area contributed by atoms with Crippen molar-refractivity contribution in [2.24, 2.45) is 5.92 Å². The molecule has 0 unspecified atom stereocenters. The Morgan fingerprint density at radius 2 is 1.63 bits per heavy atom. The molecule has 0 aromatic heterocycles. The van der Waals surface area contributed by atoms with Crippen LogP contribution in [0.1, 0.15) is 73.1 Å². The number of nitrogens with zero attached hydrogens (tertiary/aromatic N) is 1. The number of methoxy groups -OCH3 is 1. The van der Waals surface area contributed by atoms with Crippen molar-refractivity contribution in [3.05, 3.63) is 14.0 Å². The molecule has 1 aliphatic heterocycles. The summed E-state index contributed by atoms with van der Waals surface area (Å²) in [6.45, 7) is 14.1. The van der Waals surface area contributed by atoms with Crippen LogP contribution in [0.2, 0.25) is 0 Å². The molecule has 1 saturated carbocycles. The molecule has 1 aliphatic carbocycles. The van der Waals surface area contributed by atoms with Crippen LogP contribution in [0.3, 0.4) is 0 Å². The van der Waals surface area contributed by atoms with Crippen molar-refractivity contribution in [1.29, 1.82) is 0 Å². The fourth-order valence-corrected chi connectivity index (χ4v) is 1.96. The van der Waals surface area contributed by atoms with Gasteiger partial charge in [-0.25, -0.2) is 0 Å². The Morgan fingerprint density at radius 1 is 1.15 bits per heavy atom. The molecule has 0 radical (unpaired) electrons. The third-order valence-corrected chi connectivity index (χ3v) is 3.08. The zero-order valence-electron chi connectivity index (χ0n) is 19.7. The summed E-state index contributed by atoms with van der Waals surface area (Å²) in [7, 11) is 3.92. The molecule has 1 heterocycles. The van der Waals surface area contributed by atoms with E-state index in [1.54, 1.807) is 7.11 Å². The second-order valence-corrected chi connectivity index (χ2v) is 6.37. The molecule has 0 spiro atoms. The van der Waals surface area contributed by atoms with Crippen molar-refractivity contribution in [1.82, 2.24) is 10.2 Å². The quantitative estimate of drug-likeness (QED) is 0.329. The summed E-state index contributed by atoms with van der Waals surface area (Å²) in [6, 6.07) is 0. The first kappa shape index (κ1) is 38.3. The van der Waals surface area contributed by atoms with Gasteiger partial charge in [-0.3, -0.25) is 11.3 Å². The first-order valence-electron chi connectivity index (χ1n) is 9.64. The van der Waals surface area contributed by atoms with E-state index in [0.717, 1.165) is 5.92 Å². The number of likely N-dealkylation sites (tertiary alicyclic amines) is 1. The Morgan fingerprint density at radius 3 is 1.78 bits per heavy atom. The molecule has 0 aromatic rings. The zero-order valence-corrected chi connectivity index (χ0v) is 22.8. The average molecular weight is 414 g/mol. The van der Waals surface area contributed by atoms with E-state index >= 15 is 0 Å². The monoisotopic (exact) mass is 413 g/mol. The maximum absolute atomic E-state index is 9.34. The van der Waals surface area contributed by atoms with Gasteiger partial charge in [-0.15, -0.1) is 0 Å². The number of hydrogen-bond donors (Lipinski definition) is 1. The third kappa shape index (κ3) is 42.0. The smallest absolute Gasteiger partial charge is 0.459 e. The van der Waals surface area contributed by atoms with Gasteiger partial charge in [-0.2, -0.15) is 6.42 Å². The maximum atomic E-state index is 9.34. The molecule has 2 aliphatic rings. The van der Waals surface area contributed by atoms with Crippen LogP contribution in [0.4, 0.5) is 0 Å². The van der Waals surface area contributed by atoms with Gasteiger partial charge in [0, 0.05) is 7.11 Å². The molecule has 1 saturated heterocycles. The summed E-state index contributed by atoms with van der Waals surface area (Å²) in [4.78, 5) is 20.9. The summed E-state index contributed by atoms with van der Waals surface area (Å²) < 4.78 is 5.11. The number of aldehydes is 1. The van der Waals surface area contributed by atoms with Gasteiger partial charge in [-0.1, -0.05) is 53.9 Å². The topological polar surface area (TPSA) is 58.6 Å². The predicted molar refractivity (Wildman–Crippen MR) is 114 cm³/mol. The van der Waals surface area contributed by atoms with E-state index in [9.17, 15) is 9.59 Å². The number of amides is 1. The summed E-state index contributed by atoms with van der Waals surface area (Å²) >= 11 is 0. The second kappa shape index (κ2) is 34.2. The van der Waals surface area contributed by atoms with E-state index in [-0.39, 0.29) is 65.4 Å². The number of nitrogens with one attached hydrogen (secondary N) is 1. The molecule has 2 fully saturated rings. The molecule has 1 amide bonds. The van der Waals surface area contributed by atoms with E-state index in [4.69, 9.17) is 4.74 Å². The summed E-state index contributed by atoms with van der Waals surface area (Å²) in [5, 5.41) is 2.15. The van der Waals surface area contributed by atoms with Crippen LogP contribution in [0.25, 0.3) is 0 Å². The van der Waals surface area contributed by atoms with Crippen LogP contribution >= 0.6 is 0 Å². The number of rotatable bonds is 4. The summed E-state index contributed by atoms with van der Waals surface area (Å²) in [5.41, 5.74) is 0. The Labute approximate surface area is 213 Å². The van der Waals surface area contributed by atoms with Crippen LogP contribution in [0.15, 0.2) is 0 Å². The first-order chi connectivity index (χ1) is 12.0. The molecule has 0 bridgehead atoms. The van der Waals surface area contributed by atoms with Crippen molar-refractivity contribution in [2.45, 2.75) is 79.2 Å². The Kier molecular flexibility index (Phi) is 48.6. The van der Waals surface area contributed by atoms with Gasteiger partial charge in [0.05, 0.1) is 12.6 Å². The molecule has 5 nitrogen and oxygen atoms in total. The Hall–Kier alpha value is 0.696. The van der Waals surface area contributed by atoms with Crippen LogP contribution in [-0.2, 0) is 14.3 Å². The van der Waals surface area contributed by atoms with Crippen molar-refractivity contribution >= 4 is 12.7 Å². The molecule has 160 valence electrons. The van der Waals surface area contributed by atoms with Crippen molar-refractivity contribution in [2.75, 3.05) is 27.2 Å². The number of carbonyl (C=O) groups is 2. The largest absolute Gasteiger partial charge is 1.00 e. The Bertz CT molecular complexity index is 245. The van der Waals surface area contributed by atoms with Crippen LogP contribution < -0.4 is 56.7 Å². The van der Waals surface area contributed by atoms with Gasteiger partial charge in [-0.05, 0) is 32.4 Å². The van der Waals surface area contributed by atoms with E-state index in [2.05, 4.69) is 44.6 Å². The van der Waals surface area contributed by atoms with Gasteiger partial charge in [0.25, 0.3) is 0 Å². The van der Waals surface area contributed by atoms with Crippen molar-refractivity contribution in [3.63, 3.8) is 0 Å². The molecule has 0 aromatic carbocycles. The first-order valence-corrected chi connectivity index (χ1v) is 9.64. The molecular weight excluding hydrogens is 367 g/mol. The van der Waals surface area contributed by atoms with Gasteiger partial charge >= 0.3 is 51.4 Å². The van der Waals surface area contributed by atoms with Gasteiger partial charge < -0.3 is 27.2 Å². The second-order valence-electron chi connectivity index (χ2n) is 6.37. The minimum Gasteiger partial charge on any atom is -0.459 e. The normalized spacial score (nSPS) is 14.8. The van der Waals surface area contributed by atoms with Gasteiger partial charge in [0.1, 0.15) is 6.29 Å². The molecule has 6 heteroatoms. The fraction of sp³-hybridized carbons (Fsp3) is 0.810. The molecule has 2 rings (SSSR count). The van der Waals surface area contributed by atoms with Crippen molar-refractivity contribution in [3.8, 4) is 0 Å². The van der Waals surface area contributed by atoms with E-state index in [0.29, 0.717) is 18.8 Å². The SMILES string of the molecule is CC.CC(C)C.CN1[CH-]CCC1.COC1CCCC1.O=CCNC=O.[CH3-].[K+]. The third-order valence-electron chi connectivity index (χ3n) is 3.08. The predicted octanol–water partition coefficient (Wildman–Crippen LogP) is 1.52. The van der Waals surface area contributed by atoms with Crippen molar-refractivity contribution < 1.29 is 65.7 Å². The minimum atomic E-state index is 0. The molecule has 0 atom stereocenters. The number of hydrogen-bond acceptors (Lipinski definition) is 4. The Balaban J connectivity index is -0.0000000766. The average Bonchev–Trinajstić information content (AvgIpc) is 3.29. The number of ether oxygens (including phenoxy) is 1. The summed E-state index contributed by atoms with van der Waals surface area (Å²) in [5.74, 6) is 0.833.